The number of nitrogens with one attached hydrogen (secondary N) is 3. The van der Waals surface area contributed by atoms with Crippen molar-refractivity contribution in [2.24, 2.45) is 0 Å². The van der Waals surface area contributed by atoms with Crippen LogP contribution in [0.25, 0.3) is 22.1 Å². The van der Waals surface area contributed by atoms with E-state index in [0.717, 1.165) is 40.7 Å². The number of pyridine rings is 1. The molecular formula is C21H27F3N6O2S. The fraction of sp³-hybridized carbons (Fsp3) is 0.619. The maximum Gasteiger partial charge on any atom is 0.401 e. The molecule has 180 valence electrons. The van der Waals surface area contributed by atoms with Crippen molar-refractivity contribution in [1.29, 1.82) is 0 Å². The lowest BCUT2D eigenvalue weighted by molar-refractivity contribution is -0.126. The van der Waals surface area contributed by atoms with Gasteiger partial charge in [0.15, 0.2) is 0 Å². The van der Waals surface area contributed by atoms with Crippen molar-refractivity contribution in [3.63, 3.8) is 0 Å². The third kappa shape index (κ3) is 4.87. The van der Waals surface area contributed by atoms with E-state index in [4.69, 9.17) is 4.98 Å². The van der Waals surface area contributed by atoms with Gasteiger partial charge in [0.2, 0.25) is 10.0 Å². The number of hydrogen-bond acceptors (Lipinski definition) is 5. The van der Waals surface area contributed by atoms with Crippen LogP contribution in [0.3, 0.4) is 0 Å². The van der Waals surface area contributed by atoms with Crippen molar-refractivity contribution < 1.29 is 21.6 Å². The fourth-order valence-electron chi connectivity index (χ4n) is 4.81. The van der Waals surface area contributed by atoms with E-state index < -0.39 is 22.7 Å². The first-order valence-electron chi connectivity index (χ1n) is 11.3. The Bertz CT molecular complexity index is 1240. The Kier molecular flexibility index (Phi) is 5.86. The van der Waals surface area contributed by atoms with Gasteiger partial charge in [0.05, 0.1) is 23.5 Å². The predicted octanol–water partition coefficient (Wildman–Crippen LogP) is 3.17. The SMILES string of the molecule is O=S(=O)(NCCc1nc2cnc3[nH]ccc3c2n1[C@H]1CC[C@H](NCC(F)(F)F)CC1)C1CC1. The number of sulfonamides is 1. The maximum absolute atomic E-state index is 12.6. The number of aromatic amines is 1. The molecule has 3 N–H and O–H groups in total. The number of H-pyrrole nitrogens is 1. The van der Waals surface area contributed by atoms with Gasteiger partial charge in [0, 0.05) is 36.6 Å². The molecule has 0 unspecified atom stereocenters. The number of fused-ring (bicyclic) bond motifs is 3. The van der Waals surface area contributed by atoms with Crippen LogP contribution >= 0.6 is 0 Å². The first-order valence-corrected chi connectivity index (χ1v) is 12.9. The summed E-state index contributed by atoms with van der Waals surface area (Å²) in [5.74, 6) is 0.769. The molecule has 8 nitrogen and oxygen atoms in total. The number of halogens is 3. The molecule has 0 aromatic carbocycles. The molecule has 0 bridgehead atoms. The van der Waals surface area contributed by atoms with Crippen LogP contribution in [0, 0.1) is 0 Å². The van der Waals surface area contributed by atoms with E-state index in [0.29, 0.717) is 32.1 Å². The molecule has 2 aliphatic rings. The predicted molar refractivity (Wildman–Crippen MR) is 118 cm³/mol. The highest BCUT2D eigenvalue weighted by Crippen LogP contribution is 2.35. The molecule has 0 saturated heterocycles. The number of nitrogens with zero attached hydrogens (tertiary/aromatic N) is 3. The van der Waals surface area contributed by atoms with Crippen molar-refractivity contribution >= 4 is 32.1 Å². The van der Waals surface area contributed by atoms with E-state index in [9.17, 15) is 21.6 Å². The molecule has 2 aliphatic carbocycles. The van der Waals surface area contributed by atoms with E-state index in [1.54, 1.807) is 6.20 Å². The van der Waals surface area contributed by atoms with Crippen LogP contribution < -0.4 is 10.0 Å². The zero-order chi connectivity index (χ0) is 23.2. The van der Waals surface area contributed by atoms with Gasteiger partial charge in [-0.15, -0.1) is 0 Å². The highest BCUT2D eigenvalue weighted by molar-refractivity contribution is 7.90. The highest BCUT2D eigenvalue weighted by Gasteiger charge is 2.35. The molecule has 33 heavy (non-hydrogen) atoms. The summed E-state index contributed by atoms with van der Waals surface area (Å²) in [6, 6.07) is 1.86. The molecule has 3 heterocycles. The van der Waals surface area contributed by atoms with Crippen LogP contribution in [0.1, 0.15) is 50.4 Å². The smallest absolute Gasteiger partial charge is 0.346 e. The van der Waals surface area contributed by atoms with Crippen LogP contribution in [0.4, 0.5) is 13.2 Å². The van der Waals surface area contributed by atoms with Crippen LogP contribution in [0.2, 0.25) is 0 Å². The van der Waals surface area contributed by atoms with E-state index >= 15 is 0 Å². The lowest BCUT2D eigenvalue weighted by Gasteiger charge is -2.31. The van der Waals surface area contributed by atoms with E-state index in [1.807, 2.05) is 12.3 Å². The molecule has 3 aromatic heterocycles. The number of aromatic nitrogens is 4. The molecule has 0 amide bonds. The number of alkyl halides is 3. The Morgan fingerprint density at radius 3 is 2.61 bits per heavy atom. The summed E-state index contributed by atoms with van der Waals surface area (Å²) in [7, 11) is -3.28. The molecule has 0 spiro atoms. The summed E-state index contributed by atoms with van der Waals surface area (Å²) in [6.45, 7) is -0.716. The zero-order valence-corrected chi connectivity index (χ0v) is 18.8. The van der Waals surface area contributed by atoms with Crippen molar-refractivity contribution in [3.05, 3.63) is 24.3 Å². The summed E-state index contributed by atoms with van der Waals surface area (Å²) < 4.78 is 67.0. The Morgan fingerprint density at radius 2 is 1.91 bits per heavy atom. The van der Waals surface area contributed by atoms with Gasteiger partial charge in [0.25, 0.3) is 0 Å². The second-order valence-corrected chi connectivity index (χ2v) is 11.1. The van der Waals surface area contributed by atoms with Gasteiger partial charge < -0.3 is 14.9 Å². The Balaban J connectivity index is 1.38. The first-order chi connectivity index (χ1) is 15.7. The van der Waals surface area contributed by atoms with Gasteiger partial charge in [0.1, 0.15) is 17.0 Å². The van der Waals surface area contributed by atoms with Gasteiger partial charge in [-0.1, -0.05) is 0 Å². The van der Waals surface area contributed by atoms with Gasteiger partial charge in [-0.25, -0.2) is 23.1 Å². The van der Waals surface area contributed by atoms with Crippen molar-refractivity contribution in [3.8, 4) is 0 Å². The molecule has 0 radical (unpaired) electrons. The minimum atomic E-state index is -4.22. The average Bonchev–Trinajstić information content (AvgIpc) is 3.42. The molecule has 0 aliphatic heterocycles. The second kappa shape index (κ2) is 8.55. The highest BCUT2D eigenvalue weighted by atomic mass is 32.2. The molecular weight excluding hydrogens is 457 g/mol. The molecule has 2 fully saturated rings. The quantitative estimate of drug-likeness (QED) is 0.456. The maximum atomic E-state index is 12.6. The Hall–Kier alpha value is -2.18. The summed E-state index contributed by atoms with van der Waals surface area (Å²) in [6.07, 6.45) is 3.85. The second-order valence-electron chi connectivity index (χ2n) is 9.02. The van der Waals surface area contributed by atoms with Gasteiger partial charge in [-0.05, 0) is 44.6 Å². The molecule has 12 heteroatoms. The lowest BCUT2D eigenvalue weighted by Crippen LogP contribution is -2.39. The Labute approximate surface area is 189 Å². The minimum Gasteiger partial charge on any atom is -0.346 e. The monoisotopic (exact) mass is 484 g/mol. The summed E-state index contributed by atoms with van der Waals surface area (Å²) in [5, 5.41) is 3.28. The van der Waals surface area contributed by atoms with Crippen LogP contribution in [-0.2, 0) is 16.4 Å². The van der Waals surface area contributed by atoms with Gasteiger partial charge in [-0.3, -0.25) is 0 Å². The standard InChI is InChI=1S/C21H27F3N6O2S/c22-21(23,24)12-27-13-1-3-14(4-2-13)30-18(8-10-28-33(31,32)15-5-6-15)29-17-11-26-20-16(19(17)30)7-9-25-20/h7,9,11,13-15,27-28H,1-6,8,10,12H2,(H,25,26)/t13-,14-. The summed E-state index contributed by atoms with van der Waals surface area (Å²) in [5.41, 5.74) is 2.41. The van der Waals surface area contributed by atoms with Gasteiger partial charge >= 0.3 is 6.18 Å². The number of imidazole rings is 1. The van der Waals surface area contributed by atoms with Crippen molar-refractivity contribution in [2.45, 2.75) is 68.5 Å². The molecule has 0 atom stereocenters. The zero-order valence-electron chi connectivity index (χ0n) is 18.0. The third-order valence-corrected chi connectivity index (χ3v) is 8.53. The normalized spacial score (nSPS) is 22.4. The molecule has 5 rings (SSSR count). The summed E-state index contributed by atoms with van der Waals surface area (Å²) >= 11 is 0. The van der Waals surface area contributed by atoms with E-state index in [1.165, 1.54) is 0 Å². The van der Waals surface area contributed by atoms with Crippen LogP contribution in [-0.4, -0.2) is 58.5 Å². The van der Waals surface area contributed by atoms with Crippen molar-refractivity contribution in [1.82, 2.24) is 29.6 Å². The molecule has 2 saturated carbocycles. The number of rotatable bonds is 8. The minimum absolute atomic E-state index is 0.0782. The third-order valence-electron chi connectivity index (χ3n) is 6.58. The van der Waals surface area contributed by atoms with E-state index in [-0.39, 0.29) is 23.9 Å². The topological polar surface area (TPSA) is 105 Å². The largest absolute Gasteiger partial charge is 0.401 e. The lowest BCUT2D eigenvalue weighted by atomic mass is 9.90. The summed E-state index contributed by atoms with van der Waals surface area (Å²) in [4.78, 5) is 12.3. The van der Waals surface area contributed by atoms with Crippen molar-refractivity contribution in [2.75, 3.05) is 13.1 Å². The average molecular weight is 485 g/mol. The number of hydrogen-bond donors (Lipinski definition) is 3. The van der Waals surface area contributed by atoms with E-state index in [2.05, 4.69) is 24.6 Å². The Morgan fingerprint density at radius 1 is 1.15 bits per heavy atom. The van der Waals surface area contributed by atoms with Crippen LogP contribution in [0.15, 0.2) is 18.5 Å². The fourth-order valence-corrected chi connectivity index (χ4v) is 6.19. The first kappa shape index (κ1) is 22.6. The van der Waals surface area contributed by atoms with Crippen LogP contribution in [0.5, 0.6) is 0 Å². The molecule has 3 aromatic rings. The van der Waals surface area contributed by atoms with Gasteiger partial charge in [-0.2, -0.15) is 13.2 Å².